The number of hydrogen-bond donors (Lipinski definition) is 2. The van der Waals surface area contributed by atoms with Crippen LogP contribution >= 0.6 is 0 Å². The van der Waals surface area contributed by atoms with Gasteiger partial charge in [-0.3, -0.25) is 9.69 Å². The maximum Gasteiger partial charge on any atom is 0.303 e. The van der Waals surface area contributed by atoms with Gasteiger partial charge in [-0.2, -0.15) is 0 Å². The fraction of sp³-hybridized carbons (Fsp3) is 0.526. The first kappa shape index (κ1) is 14.8. The van der Waals surface area contributed by atoms with E-state index < -0.39 is 5.97 Å². The molecule has 4 nitrogen and oxygen atoms in total. The van der Waals surface area contributed by atoms with Gasteiger partial charge in [0.2, 0.25) is 0 Å². The summed E-state index contributed by atoms with van der Waals surface area (Å²) in [5.74, 6) is -0.670. The Kier molecular flexibility index (Phi) is 3.45. The minimum atomic E-state index is -0.670. The first-order valence-electron chi connectivity index (χ1n) is 8.70. The van der Waals surface area contributed by atoms with Crippen LogP contribution in [-0.2, 0) is 11.2 Å². The summed E-state index contributed by atoms with van der Waals surface area (Å²) in [6.07, 6.45) is 4.34. The summed E-state index contributed by atoms with van der Waals surface area (Å²) in [4.78, 5) is 17.7. The lowest BCUT2D eigenvalue weighted by molar-refractivity contribution is -0.143. The molecule has 4 heteroatoms. The molecule has 0 spiro atoms. The van der Waals surface area contributed by atoms with E-state index in [4.69, 9.17) is 0 Å². The Morgan fingerprint density at radius 1 is 1.39 bits per heavy atom. The van der Waals surface area contributed by atoms with Crippen molar-refractivity contribution in [1.29, 1.82) is 0 Å². The third-order valence-corrected chi connectivity index (χ3v) is 6.04. The van der Waals surface area contributed by atoms with Crippen LogP contribution in [0.1, 0.15) is 49.9 Å². The average molecular weight is 312 g/mol. The molecule has 1 aromatic carbocycles. The number of fused-ring (bicyclic) bond motifs is 5. The van der Waals surface area contributed by atoms with E-state index in [0.717, 1.165) is 38.8 Å². The van der Waals surface area contributed by atoms with Crippen LogP contribution in [0.3, 0.4) is 0 Å². The Morgan fingerprint density at radius 3 is 3.00 bits per heavy atom. The molecule has 1 aromatic heterocycles. The van der Waals surface area contributed by atoms with Gasteiger partial charge in [0, 0.05) is 28.6 Å². The molecular weight excluding hydrogens is 288 g/mol. The second-order valence-corrected chi connectivity index (χ2v) is 7.14. The third-order valence-electron chi connectivity index (χ3n) is 6.04. The highest BCUT2D eigenvalue weighted by Gasteiger charge is 2.48. The fourth-order valence-corrected chi connectivity index (χ4v) is 4.98. The number of para-hydroxylation sites is 1. The van der Waals surface area contributed by atoms with Crippen molar-refractivity contribution in [3.63, 3.8) is 0 Å². The molecule has 1 saturated heterocycles. The number of carboxylic acids is 1. The maximum absolute atomic E-state index is 11.6. The first-order chi connectivity index (χ1) is 11.1. The van der Waals surface area contributed by atoms with E-state index in [0.29, 0.717) is 0 Å². The molecule has 2 atom stereocenters. The number of piperidine rings is 1. The summed E-state index contributed by atoms with van der Waals surface area (Å²) < 4.78 is 0. The SMILES string of the molecule is CC[C@]1(CC(=O)O)CCCN2CCc3c([nH]c4ccccc34)[C@H]21. The molecule has 23 heavy (non-hydrogen) atoms. The molecule has 2 aliphatic heterocycles. The number of H-pyrrole nitrogens is 1. The summed E-state index contributed by atoms with van der Waals surface area (Å²) in [5, 5.41) is 10.8. The Bertz CT molecular complexity index is 751. The van der Waals surface area contributed by atoms with Crippen molar-refractivity contribution in [3.8, 4) is 0 Å². The van der Waals surface area contributed by atoms with Crippen molar-refractivity contribution in [2.75, 3.05) is 13.1 Å². The summed E-state index contributed by atoms with van der Waals surface area (Å²) in [6.45, 7) is 4.28. The normalized spacial score (nSPS) is 27.6. The molecule has 1 fully saturated rings. The van der Waals surface area contributed by atoms with E-state index in [1.165, 1.54) is 22.2 Å². The second-order valence-electron chi connectivity index (χ2n) is 7.14. The van der Waals surface area contributed by atoms with Crippen molar-refractivity contribution < 1.29 is 9.90 Å². The van der Waals surface area contributed by atoms with E-state index in [-0.39, 0.29) is 17.9 Å². The van der Waals surface area contributed by atoms with E-state index in [2.05, 4.69) is 41.1 Å². The number of aromatic amines is 1. The first-order valence-corrected chi connectivity index (χ1v) is 8.70. The highest BCUT2D eigenvalue weighted by atomic mass is 16.4. The predicted octanol–water partition coefficient (Wildman–Crippen LogP) is 3.73. The van der Waals surface area contributed by atoms with Crippen molar-refractivity contribution in [1.82, 2.24) is 9.88 Å². The molecule has 2 aliphatic rings. The molecule has 4 rings (SSSR count). The molecule has 0 bridgehead atoms. The maximum atomic E-state index is 11.6. The van der Waals surface area contributed by atoms with Gasteiger partial charge in [-0.15, -0.1) is 0 Å². The van der Waals surface area contributed by atoms with Crippen molar-refractivity contribution in [3.05, 3.63) is 35.5 Å². The number of nitrogens with one attached hydrogen (secondary N) is 1. The van der Waals surface area contributed by atoms with E-state index >= 15 is 0 Å². The standard InChI is InChI=1S/C19H24N2O2/c1-2-19(12-16(22)23)9-5-10-21-11-8-14-13-6-3-4-7-15(13)20-17(14)18(19)21/h3-4,6-7,18,20H,2,5,8-12H2,1H3,(H,22,23)/t18-,19+/m0/s1. The summed E-state index contributed by atoms with van der Waals surface area (Å²) in [6, 6.07) is 8.69. The van der Waals surface area contributed by atoms with E-state index in [1.807, 2.05) is 0 Å². The number of carbonyl (C=O) groups is 1. The van der Waals surface area contributed by atoms with Crippen LogP contribution in [0.2, 0.25) is 0 Å². The second kappa shape index (κ2) is 5.38. The fourth-order valence-electron chi connectivity index (χ4n) is 4.98. The van der Waals surface area contributed by atoms with Crippen LogP contribution < -0.4 is 0 Å². The number of benzene rings is 1. The molecule has 122 valence electrons. The Hall–Kier alpha value is -1.81. The minimum Gasteiger partial charge on any atom is -0.481 e. The van der Waals surface area contributed by atoms with Crippen LogP contribution in [0, 0.1) is 5.41 Å². The van der Waals surface area contributed by atoms with Gasteiger partial charge in [-0.05, 0) is 43.9 Å². The molecule has 2 N–H and O–H groups in total. The van der Waals surface area contributed by atoms with Gasteiger partial charge in [0.15, 0.2) is 0 Å². The Balaban J connectivity index is 1.88. The number of aromatic nitrogens is 1. The Labute approximate surface area is 136 Å². The molecular formula is C19H24N2O2. The van der Waals surface area contributed by atoms with Gasteiger partial charge in [0.05, 0.1) is 12.5 Å². The lowest BCUT2D eigenvalue weighted by atomic mass is 9.66. The van der Waals surface area contributed by atoms with Gasteiger partial charge in [0.1, 0.15) is 0 Å². The monoisotopic (exact) mass is 312 g/mol. The highest BCUT2D eigenvalue weighted by molar-refractivity contribution is 5.85. The lowest BCUT2D eigenvalue weighted by Gasteiger charge is -2.51. The zero-order valence-corrected chi connectivity index (χ0v) is 13.6. The molecule has 0 radical (unpaired) electrons. The summed E-state index contributed by atoms with van der Waals surface area (Å²) in [7, 11) is 0. The van der Waals surface area contributed by atoms with Gasteiger partial charge in [-0.1, -0.05) is 25.1 Å². The number of rotatable bonds is 3. The molecule has 0 saturated carbocycles. The van der Waals surface area contributed by atoms with E-state index in [9.17, 15) is 9.90 Å². The van der Waals surface area contributed by atoms with Gasteiger partial charge in [-0.25, -0.2) is 0 Å². The number of nitrogens with zero attached hydrogens (tertiary/aromatic N) is 1. The molecule has 0 amide bonds. The Morgan fingerprint density at radius 2 is 2.22 bits per heavy atom. The van der Waals surface area contributed by atoms with Crippen LogP contribution in [0.25, 0.3) is 10.9 Å². The summed E-state index contributed by atoms with van der Waals surface area (Å²) >= 11 is 0. The largest absolute Gasteiger partial charge is 0.481 e. The highest BCUT2D eigenvalue weighted by Crippen LogP contribution is 2.53. The van der Waals surface area contributed by atoms with E-state index in [1.54, 1.807) is 0 Å². The topological polar surface area (TPSA) is 56.3 Å². The van der Waals surface area contributed by atoms with Gasteiger partial charge in [0.25, 0.3) is 0 Å². The zero-order valence-electron chi connectivity index (χ0n) is 13.6. The zero-order chi connectivity index (χ0) is 16.0. The van der Waals surface area contributed by atoms with Crippen LogP contribution in [-0.4, -0.2) is 34.0 Å². The van der Waals surface area contributed by atoms with Crippen molar-refractivity contribution in [2.24, 2.45) is 5.41 Å². The number of hydrogen-bond acceptors (Lipinski definition) is 2. The summed E-state index contributed by atoms with van der Waals surface area (Å²) in [5.41, 5.74) is 3.72. The molecule has 0 aliphatic carbocycles. The van der Waals surface area contributed by atoms with Crippen LogP contribution in [0.5, 0.6) is 0 Å². The average Bonchev–Trinajstić information content (AvgIpc) is 2.92. The van der Waals surface area contributed by atoms with Crippen molar-refractivity contribution >= 4 is 16.9 Å². The van der Waals surface area contributed by atoms with Crippen LogP contribution in [0.15, 0.2) is 24.3 Å². The third kappa shape index (κ3) is 2.19. The molecule has 0 unspecified atom stereocenters. The number of aliphatic carboxylic acids is 1. The van der Waals surface area contributed by atoms with Gasteiger partial charge >= 0.3 is 5.97 Å². The molecule has 3 heterocycles. The lowest BCUT2D eigenvalue weighted by Crippen LogP contribution is -2.50. The molecule has 2 aromatic rings. The number of carboxylic acid groups (broad SMARTS) is 1. The quantitative estimate of drug-likeness (QED) is 0.908. The predicted molar refractivity (Wildman–Crippen MR) is 90.5 cm³/mol. The van der Waals surface area contributed by atoms with Gasteiger partial charge < -0.3 is 10.1 Å². The smallest absolute Gasteiger partial charge is 0.303 e. The van der Waals surface area contributed by atoms with Crippen LogP contribution in [0.4, 0.5) is 0 Å². The minimum absolute atomic E-state index is 0.153. The van der Waals surface area contributed by atoms with Crippen molar-refractivity contribution in [2.45, 2.75) is 45.1 Å².